The van der Waals surface area contributed by atoms with E-state index in [-0.39, 0.29) is 5.88 Å². The number of rotatable bonds is 1. The van der Waals surface area contributed by atoms with Crippen molar-refractivity contribution in [2.24, 2.45) is 0 Å². The molecule has 1 aliphatic heterocycles. The van der Waals surface area contributed by atoms with E-state index in [1.54, 1.807) is 7.05 Å². The van der Waals surface area contributed by atoms with Gasteiger partial charge >= 0.3 is 0 Å². The molecule has 0 unspecified atom stereocenters. The number of hydrogen-bond acceptors (Lipinski definition) is 3. The molecular formula is C6H14N2O2S. The van der Waals surface area contributed by atoms with Gasteiger partial charge in [0, 0.05) is 13.1 Å². The molecule has 0 aromatic carbocycles. The van der Waals surface area contributed by atoms with Crippen molar-refractivity contribution in [3.63, 3.8) is 0 Å². The van der Waals surface area contributed by atoms with Gasteiger partial charge in [-0.1, -0.05) is 0 Å². The van der Waals surface area contributed by atoms with Crippen LogP contribution in [0.2, 0.25) is 0 Å². The van der Waals surface area contributed by atoms with Crippen LogP contribution in [0.1, 0.15) is 13.8 Å². The Morgan fingerprint density at radius 2 is 1.91 bits per heavy atom. The molecule has 0 aromatic heterocycles. The Morgan fingerprint density at radius 1 is 1.36 bits per heavy atom. The standard InChI is InChI=1S/C6H14N2O2S/c1-6(2)8-4-7(3)11(9,10)5-8/h6H,4-5H2,1-3H3. The Labute approximate surface area is 67.8 Å². The summed E-state index contributed by atoms with van der Waals surface area (Å²) in [6.07, 6.45) is 0. The number of hydrogen-bond donors (Lipinski definition) is 0. The van der Waals surface area contributed by atoms with Crippen LogP contribution in [0.25, 0.3) is 0 Å². The van der Waals surface area contributed by atoms with Gasteiger partial charge in [-0.25, -0.2) is 8.42 Å². The Balaban J connectivity index is 2.73. The van der Waals surface area contributed by atoms with E-state index in [0.717, 1.165) is 0 Å². The lowest BCUT2D eigenvalue weighted by molar-refractivity contribution is 0.233. The molecule has 1 aliphatic rings. The zero-order valence-corrected chi connectivity index (χ0v) is 7.93. The van der Waals surface area contributed by atoms with Gasteiger partial charge in [-0.15, -0.1) is 0 Å². The predicted molar refractivity (Wildman–Crippen MR) is 43.4 cm³/mol. The van der Waals surface area contributed by atoms with E-state index < -0.39 is 10.0 Å². The fraction of sp³-hybridized carbons (Fsp3) is 1.00. The molecule has 0 atom stereocenters. The van der Waals surface area contributed by atoms with Crippen molar-refractivity contribution in [2.45, 2.75) is 19.9 Å². The third-order valence-corrected chi connectivity index (χ3v) is 3.64. The van der Waals surface area contributed by atoms with Gasteiger partial charge < -0.3 is 0 Å². The van der Waals surface area contributed by atoms with Gasteiger partial charge in [0.25, 0.3) is 0 Å². The van der Waals surface area contributed by atoms with Crippen molar-refractivity contribution in [1.82, 2.24) is 9.21 Å². The zero-order valence-electron chi connectivity index (χ0n) is 7.11. The highest BCUT2D eigenvalue weighted by Crippen LogP contribution is 2.14. The minimum Gasteiger partial charge on any atom is -0.272 e. The summed E-state index contributed by atoms with van der Waals surface area (Å²) >= 11 is 0. The lowest BCUT2D eigenvalue weighted by Crippen LogP contribution is -2.29. The van der Waals surface area contributed by atoms with Gasteiger partial charge in [-0.05, 0) is 13.8 Å². The minimum absolute atomic E-state index is 0.168. The van der Waals surface area contributed by atoms with Gasteiger partial charge in [0.1, 0.15) is 5.88 Å². The van der Waals surface area contributed by atoms with E-state index in [0.29, 0.717) is 12.7 Å². The van der Waals surface area contributed by atoms with Crippen molar-refractivity contribution < 1.29 is 8.42 Å². The Hall–Kier alpha value is -0.130. The van der Waals surface area contributed by atoms with Crippen molar-refractivity contribution >= 4 is 10.0 Å². The van der Waals surface area contributed by atoms with Crippen molar-refractivity contribution in [2.75, 3.05) is 19.6 Å². The van der Waals surface area contributed by atoms with Gasteiger partial charge in [0.2, 0.25) is 10.0 Å². The van der Waals surface area contributed by atoms with Crippen LogP contribution in [0.5, 0.6) is 0 Å². The minimum atomic E-state index is -2.96. The van der Waals surface area contributed by atoms with Crippen LogP contribution < -0.4 is 0 Å². The summed E-state index contributed by atoms with van der Waals surface area (Å²) in [7, 11) is -1.35. The maximum absolute atomic E-state index is 11.2. The van der Waals surface area contributed by atoms with Gasteiger partial charge in [0.05, 0.1) is 6.67 Å². The molecule has 0 spiro atoms. The van der Waals surface area contributed by atoms with E-state index >= 15 is 0 Å². The molecule has 0 amide bonds. The number of sulfonamides is 1. The third-order valence-electron chi connectivity index (χ3n) is 1.91. The Bertz CT molecular complexity index is 235. The van der Waals surface area contributed by atoms with Crippen molar-refractivity contribution in [3.8, 4) is 0 Å². The molecule has 0 N–H and O–H groups in total. The van der Waals surface area contributed by atoms with E-state index in [4.69, 9.17) is 0 Å². The first-order chi connectivity index (χ1) is 4.93. The SMILES string of the molecule is CC(C)N1CN(C)S(=O)(=O)C1. The normalized spacial score (nSPS) is 26.5. The first kappa shape index (κ1) is 8.96. The molecule has 0 saturated carbocycles. The van der Waals surface area contributed by atoms with Crippen LogP contribution in [0.15, 0.2) is 0 Å². The molecular weight excluding hydrogens is 164 g/mol. The van der Waals surface area contributed by atoms with Gasteiger partial charge in [-0.2, -0.15) is 4.31 Å². The van der Waals surface area contributed by atoms with Crippen LogP contribution in [0, 0.1) is 0 Å². The number of nitrogens with zero attached hydrogens (tertiary/aromatic N) is 2. The fourth-order valence-corrected chi connectivity index (χ4v) is 2.33. The van der Waals surface area contributed by atoms with Crippen molar-refractivity contribution in [3.05, 3.63) is 0 Å². The van der Waals surface area contributed by atoms with Crippen LogP contribution in [0.4, 0.5) is 0 Å². The molecule has 5 heteroatoms. The van der Waals surface area contributed by atoms with E-state index in [1.807, 2.05) is 18.7 Å². The van der Waals surface area contributed by atoms with Crippen LogP contribution in [-0.4, -0.2) is 43.3 Å². The quantitative estimate of drug-likeness (QED) is 0.562. The summed E-state index contributed by atoms with van der Waals surface area (Å²) in [4.78, 5) is 1.91. The third kappa shape index (κ3) is 1.72. The molecule has 11 heavy (non-hydrogen) atoms. The van der Waals surface area contributed by atoms with Crippen LogP contribution in [0.3, 0.4) is 0 Å². The van der Waals surface area contributed by atoms with E-state index in [9.17, 15) is 8.42 Å². The highest BCUT2D eigenvalue weighted by atomic mass is 32.2. The first-order valence-electron chi connectivity index (χ1n) is 3.61. The maximum atomic E-state index is 11.2. The molecule has 1 heterocycles. The van der Waals surface area contributed by atoms with Crippen LogP contribution in [-0.2, 0) is 10.0 Å². The lowest BCUT2D eigenvalue weighted by atomic mass is 10.4. The second-order valence-corrected chi connectivity index (χ2v) is 5.21. The summed E-state index contributed by atoms with van der Waals surface area (Å²) in [6, 6.07) is 0.301. The lowest BCUT2D eigenvalue weighted by Gasteiger charge is -2.16. The van der Waals surface area contributed by atoms with Crippen molar-refractivity contribution in [1.29, 1.82) is 0 Å². The monoisotopic (exact) mass is 178 g/mol. The summed E-state index contributed by atoms with van der Waals surface area (Å²) < 4.78 is 23.7. The largest absolute Gasteiger partial charge is 0.272 e. The van der Waals surface area contributed by atoms with E-state index in [2.05, 4.69) is 0 Å². The molecule has 1 saturated heterocycles. The molecule has 0 aliphatic carbocycles. The average Bonchev–Trinajstić information content (AvgIpc) is 2.08. The highest BCUT2D eigenvalue weighted by Gasteiger charge is 2.32. The van der Waals surface area contributed by atoms with Gasteiger partial charge in [0.15, 0.2) is 0 Å². The molecule has 0 radical (unpaired) electrons. The van der Waals surface area contributed by atoms with Gasteiger partial charge in [-0.3, -0.25) is 4.90 Å². The van der Waals surface area contributed by atoms with Crippen LogP contribution >= 0.6 is 0 Å². The second kappa shape index (κ2) is 2.73. The Morgan fingerprint density at radius 3 is 2.09 bits per heavy atom. The van der Waals surface area contributed by atoms with E-state index in [1.165, 1.54) is 4.31 Å². The highest BCUT2D eigenvalue weighted by molar-refractivity contribution is 7.89. The zero-order chi connectivity index (χ0) is 8.65. The Kier molecular flexibility index (Phi) is 2.22. The first-order valence-corrected chi connectivity index (χ1v) is 5.22. The molecule has 4 nitrogen and oxygen atoms in total. The predicted octanol–water partition coefficient (Wildman–Crippen LogP) is -0.113. The summed E-state index contributed by atoms with van der Waals surface area (Å²) in [6.45, 7) is 4.52. The fourth-order valence-electron chi connectivity index (χ4n) is 1.01. The second-order valence-electron chi connectivity index (χ2n) is 3.16. The summed E-state index contributed by atoms with van der Waals surface area (Å²) in [5.74, 6) is 0.168. The average molecular weight is 178 g/mol. The molecule has 1 fully saturated rings. The summed E-state index contributed by atoms with van der Waals surface area (Å²) in [5, 5.41) is 0. The summed E-state index contributed by atoms with van der Waals surface area (Å²) in [5.41, 5.74) is 0. The smallest absolute Gasteiger partial charge is 0.228 e. The maximum Gasteiger partial charge on any atom is 0.228 e. The molecule has 0 bridgehead atoms. The topological polar surface area (TPSA) is 40.6 Å². The molecule has 1 rings (SSSR count). The molecule has 0 aromatic rings. The molecule has 66 valence electrons.